The highest BCUT2D eigenvalue weighted by Gasteiger charge is 2.31. The van der Waals surface area contributed by atoms with Crippen molar-refractivity contribution in [1.29, 1.82) is 0 Å². The summed E-state index contributed by atoms with van der Waals surface area (Å²) in [5, 5.41) is 1.19. The molecule has 0 N–H and O–H groups in total. The lowest BCUT2D eigenvalue weighted by molar-refractivity contribution is 0.0376. The zero-order valence-corrected chi connectivity index (χ0v) is 26.7. The van der Waals surface area contributed by atoms with Crippen LogP contribution in [-0.4, -0.2) is 112 Å². The number of thiazole rings is 1. The fraction of sp³-hybridized carbons (Fsp3) is 0.483. The number of ether oxygens (including phenoxy) is 2. The molecule has 2 saturated heterocycles. The van der Waals surface area contributed by atoms with Crippen LogP contribution >= 0.6 is 22.9 Å². The van der Waals surface area contributed by atoms with E-state index >= 15 is 0 Å². The first-order valence-corrected chi connectivity index (χ1v) is 17.0. The molecule has 11 nitrogen and oxygen atoms in total. The molecule has 0 saturated carbocycles. The summed E-state index contributed by atoms with van der Waals surface area (Å²) in [5.74, 6) is -0.253. The molecule has 2 aliphatic heterocycles. The van der Waals surface area contributed by atoms with Gasteiger partial charge < -0.3 is 14.4 Å². The predicted octanol–water partition coefficient (Wildman–Crippen LogP) is 4.09. The van der Waals surface area contributed by atoms with Gasteiger partial charge in [0.15, 0.2) is 5.13 Å². The number of benzene rings is 2. The molecule has 2 aromatic carbocycles. The number of aromatic nitrogens is 1. The average Bonchev–Trinajstić information content (AvgIpc) is 3.46. The maximum absolute atomic E-state index is 13.9. The number of anilines is 1. The molecule has 2 fully saturated rings. The van der Waals surface area contributed by atoms with E-state index in [9.17, 15) is 18.0 Å². The summed E-state index contributed by atoms with van der Waals surface area (Å²) in [6.07, 6.45) is 0.300. The minimum atomic E-state index is -3.80. The summed E-state index contributed by atoms with van der Waals surface area (Å²) in [4.78, 5) is 36.3. The number of amides is 2. The van der Waals surface area contributed by atoms with Crippen LogP contribution in [0.4, 0.5) is 9.93 Å². The number of carbonyl (C=O) groups is 2. The second-order valence-electron chi connectivity index (χ2n) is 10.4. The van der Waals surface area contributed by atoms with Gasteiger partial charge in [-0.05, 0) is 62.2 Å². The fourth-order valence-corrected chi connectivity index (χ4v) is 7.79. The van der Waals surface area contributed by atoms with Gasteiger partial charge in [0.05, 0.1) is 34.9 Å². The molecule has 3 heterocycles. The molecule has 14 heteroatoms. The third kappa shape index (κ3) is 7.13. The first-order valence-electron chi connectivity index (χ1n) is 14.4. The zero-order valence-electron chi connectivity index (χ0n) is 24.3. The summed E-state index contributed by atoms with van der Waals surface area (Å²) < 4.78 is 39.4. The van der Waals surface area contributed by atoms with Crippen molar-refractivity contribution in [2.75, 3.05) is 77.1 Å². The van der Waals surface area contributed by atoms with E-state index in [1.165, 1.54) is 32.7 Å². The van der Waals surface area contributed by atoms with Crippen molar-refractivity contribution in [1.82, 2.24) is 19.1 Å². The molecule has 0 aliphatic carbocycles. The monoisotopic (exact) mass is 649 g/mol. The highest BCUT2D eigenvalue weighted by atomic mass is 35.5. The number of nitrogens with zero attached hydrogens (tertiary/aromatic N) is 5. The molecule has 1 aromatic heterocycles. The van der Waals surface area contributed by atoms with Gasteiger partial charge in [0.1, 0.15) is 0 Å². The van der Waals surface area contributed by atoms with Crippen molar-refractivity contribution in [3.63, 3.8) is 0 Å². The van der Waals surface area contributed by atoms with Gasteiger partial charge in [0.2, 0.25) is 10.0 Å². The van der Waals surface area contributed by atoms with E-state index in [0.717, 1.165) is 41.8 Å². The number of hydrogen-bond acceptors (Lipinski definition) is 9. The smallest absolute Gasteiger partial charge is 0.409 e. The first kappa shape index (κ1) is 31.6. The van der Waals surface area contributed by atoms with E-state index in [1.54, 1.807) is 24.0 Å². The molecule has 3 aromatic rings. The van der Waals surface area contributed by atoms with Crippen LogP contribution < -0.4 is 4.90 Å². The summed E-state index contributed by atoms with van der Waals surface area (Å²) in [7, 11) is -3.80. The van der Waals surface area contributed by atoms with Crippen molar-refractivity contribution >= 4 is 60.3 Å². The summed E-state index contributed by atoms with van der Waals surface area (Å²) in [5.41, 5.74) is 1.99. The van der Waals surface area contributed by atoms with E-state index in [-0.39, 0.29) is 43.6 Å². The van der Waals surface area contributed by atoms with Gasteiger partial charge in [0, 0.05) is 62.9 Å². The lowest BCUT2D eigenvalue weighted by atomic mass is 10.2. The highest BCUT2D eigenvalue weighted by Crippen LogP contribution is 2.34. The maximum atomic E-state index is 13.9. The maximum Gasteiger partial charge on any atom is 0.409 e. The summed E-state index contributed by atoms with van der Waals surface area (Å²) in [6, 6.07) is 9.78. The van der Waals surface area contributed by atoms with Crippen LogP contribution in [-0.2, 0) is 19.5 Å². The molecule has 0 spiro atoms. The normalized spacial score (nSPS) is 16.9. The first-order chi connectivity index (χ1) is 20.7. The third-order valence-electron chi connectivity index (χ3n) is 7.68. The molecular weight excluding hydrogens is 614 g/mol. The number of piperazine rings is 1. The molecule has 0 bridgehead atoms. The minimum Gasteiger partial charge on any atom is -0.450 e. The van der Waals surface area contributed by atoms with Crippen molar-refractivity contribution in [2.24, 2.45) is 0 Å². The molecule has 232 valence electrons. The predicted molar refractivity (Wildman–Crippen MR) is 167 cm³/mol. The Morgan fingerprint density at radius 2 is 1.74 bits per heavy atom. The molecule has 5 rings (SSSR count). The zero-order chi connectivity index (χ0) is 30.6. The van der Waals surface area contributed by atoms with E-state index < -0.39 is 16.1 Å². The van der Waals surface area contributed by atoms with Crippen LogP contribution in [0.3, 0.4) is 0 Å². The lowest BCUT2D eigenvalue weighted by Crippen LogP contribution is -2.50. The number of fused-ring (bicyclic) bond motifs is 1. The standard InChI is InChI=1S/C29H36ClN5O6S2/c1-3-41-29(37)33-13-15-34(16-14-33)43(38,39)23-7-5-22(6-8-23)27(36)35(12-4-11-32-17-19-40-20-18-32)28-31-26-21(2)24(30)9-10-25(26)42-28/h5-10H,3-4,11-20H2,1-2H3. The number of rotatable bonds is 9. The number of sulfonamides is 1. The Morgan fingerprint density at radius 3 is 2.42 bits per heavy atom. The Bertz CT molecular complexity index is 1550. The van der Waals surface area contributed by atoms with Gasteiger partial charge in [-0.25, -0.2) is 18.2 Å². The molecule has 2 amide bonds. The average molecular weight is 650 g/mol. The molecule has 2 aliphatic rings. The van der Waals surface area contributed by atoms with E-state index in [0.29, 0.717) is 35.5 Å². The molecule has 0 radical (unpaired) electrons. The number of aryl methyl sites for hydroxylation is 1. The topological polar surface area (TPSA) is 113 Å². The second-order valence-corrected chi connectivity index (χ2v) is 13.7. The van der Waals surface area contributed by atoms with Gasteiger partial charge in [-0.2, -0.15) is 4.31 Å². The minimum absolute atomic E-state index is 0.0951. The number of halogens is 1. The summed E-state index contributed by atoms with van der Waals surface area (Å²) >= 11 is 7.77. The van der Waals surface area contributed by atoms with Gasteiger partial charge in [-0.1, -0.05) is 22.9 Å². The van der Waals surface area contributed by atoms with Crippen LogP contribution in [0.25, 0.3) is 10.2 Å². The van der Waals surface area contributed by atoms with Crippen molar-refractivity contribution in [2.45, 2.75) is 25.2 Å². The van der Waals surface area contributed by atoms with Crippen molar-refractivity contribution in [3.8, 4) is 0 Å². The Labute approximate surface area is 261 Å². The number of carbonyl (C=O) groups excluding carboxylic acids is 2. The van der Waals surface area contributed by atoms with E-state index in [4.69, 9.17) is 26.1 Å². The van der Waals surface area contributed by atoms with Gasteiger partial charge in [-0.3, -0.25) is 14.6 Å². The summed E-state index contributed by atoms with van der Waals surface area (Å²) in [6.45, 7) is 9.15. The van der Waals surface area contributed by atoms with Gasteiger partial charge in [0.25, 0.3) is 5.91 Å². The Morgan fingerprint density at radius 1 is 1.05 bits per heavy atom. The molecular formula is C29H36ClN5O6S2. The third-order valence-corrected chi connectivity index (χ3v) is 11.0. The van der Waals surface area contributed by atoms with Crippen LogP contribution in [0.1, 0.15) is 29.3 Å². The lowest BCUT2D eigenvalue weighted by Gasteiger charge is -2.33. The Kier molecular flexibility index (Phi) is 10.2. The van der Waals surface area contributed by atoms with Crippen LogP contribution in [0.2, 0.25) is 5.02 Å². The fourth-order valence-electron chi connectivity index (χ4n) is 5.17. The molecule has 43 heavy (non-hydrogen) atoms. The van der Waals surface area contributed by atoms with Crippen LogP contribution in [0.15, 0.2) is 41.3 Å². The van der Waals surface area contributed by atoms with Gasteiger partial charge >= 0.3 is 6.09 Å². The molecule has 0 unspecified atom stereocenters. The largest absolute Gasteiger partial charge is 0.450 e. The van der Waals surface area contributed by atoms with Crippen molar-refractivity contribution < 1.29 is 27.5 Å². The Hall–Kier alpha value is -2.81. The highest BCUT2D eigenvalue weighted by molar-refractivity contribution is 7.89. The van der Waals surface area contributed by atoms with Crippen LogP contribution in [0, 0.1) is 6.92 Å². The second kappa shape index (κ2) is 13.9. The SMILES string of the molecule is CCOC(=O)N1CCN(S(=O)(=O)c2ccc(C(=O)N(CCCN3CCOCC3)c3nc4c(C)c(Cl)ccc4s3)cc2)CC1. The van der Waals surface area contributed by atoms with Crippen molar-refractivity contribution in [3.05, 3.63) is 52.5 Å². The van der Waals surface area contributed by atoms with E-state index in [2.05, 4.69) is 4.90 Å². The quantitative estimate of drug-likeness (QED) is 0.341. The molecule has 0 atom stereocenters. The van der Waals surface area contributed by atoms with Gasteiger partial charge in [-0.15, -0.1) is 0 Å². The number of morpholine rings is 1. The van der Waals surface area contributed by atoms with Crippen LogP contribution in [0.5, 0.6) is 0 Å². The van der Waals surface area contributed by atoms with E-state index in [1.807, 2.05) is 19.1 Å². The Balaban J connectivity index is 1.33. The number of hydrogen-bond donors (Lipinski definition) is 0.